The molecule has 0 bridgehead atoms. The van der Waals surface area contributed by atoms with Crippen LogP contribution in [0.3, 0.4) is 0 Å². The Morgan fingerprint density at radius 2 is 2.10 bits per heavy atom. The maximum atomic E-state index is 11.8. The zero-order valence-electron chi connectivity index (χ0n) is 10.7. The van der Waals surface area contributed by atoms with E-state index in [0.29, 0.717) is 0 Å². The molecule has 1 amide bonds. The molecule has 1 aromatic rings. The summed E-state index contributed by atoms with van der Waals surface area (Å²) in [7, 11) is 0. The molecule has 0 spiro atoms. The van der Waals surface area contributed by atoms with Gasteiger partial charge in [0.1, 0.15) is 0 Å². The monoisotopic (exact) mass is 282 g/mol. The number of nitrogens with zero attached hydrogens (tertiary/aromatic N) is 1. The van der Waals surface area contributed by atoms with Crippen molar-refractivity contribution in [3.05, 3.63) is 39.4 Å². The third-order valence-corrected chi connectivity index (χ3v) is 2.73. The number of hydrogen-bond donors (Lipinski definition) is 3. The van der Waals surface area contributed by atoms with Gasteiger partial charge in [0.25, 0.3) is 11.6 Å². The summed E-state index contributed by atoms with van der Waals surface area (Å²) in [5.74, 6) is -1.92. The zero-order valence-corrected chi connectivity index (χ0v) is 10.7. The average Bonchev–Trinajstić information content (AvgIpc) is 2.38. The summed E-state index contributed by atoms with van der Waals surface area (Å²) in [6.07, 6.45) is -1.70. The quantitative estimate of drug-likeness (QED) is 0.513. The fraction of sp³-hybridized carbons (Fsp3) is 0.333. The molecule has 0 fully saturated rings. The van der Waals surface area contributed by atoms with Gasteiger partial charge in [-0.2, -0.15) is 0 Å². The van der Waals surface area contributed by atoms with E-state index in [1.54, 1.807) is 0 Å². The molecule has 8 nitrogen and oxygen atoms in total. The summed E-state index contributed by atoms with van der Waals surface area (Å²) in [5, 5.41) is 30.7. The molecule has 0 unspecified atom stereocenters. The van der Waals surface area contributed by atoms with Crippen LogP contribution in [0, 0.1) is 17.0 Å². The molecule has 108 valence electrons. The highest BCUT2D eigenvalue weighted by atomic mass is 16.6. The summed E-state index contributed by atoms with van der Waals surface area (Å²) in [6, 6.07) is 4.12. The van der Waals surface area contributed by atoms with E-state index in [4.69, 9.17) is 10.2 Å². The van der Waals surface area contributed by atoms with Crippen LogP contribution < -0.4 is 5.32 Å². The summed E-state index contributed by atoms with van der Waals surface area (Å²) in [4.78, 5) is 32.4. The number of nitro benzene ring substituents is 1. The lowest BCUT2D eigenvalue weighted by Gasteiger charge is -2.09. The fourth-order valence-corrected chi connectivity index (χ4v) is 1.61. The zero-order chi connectivity index (χ0) is 15.3. The molecule has 1 rings (SSSR count). The van der Waals surface area contributed by atoms with Gasteiger partial charge in [0, 0.05) is 30.2 Å². The maximum Gasteiger partial charge on any atom is 0.332 e. The molecule has 1 atom stereocenters. The second-order valence-electron chi connectivity index (χ2n) is 4.11. The third-order valence-electron chi connectivity index (χ3n) is 2.73. The van der Waals surface area contributed by atoms with Crippen LogP contribution in [0.15, 0.2) is 18.2 Å². The van der Waals surface area contributed by atoms with Gasteiger partial charge >= 0.3 is 5.97 Å². The van der Waals surface area contributed by atoms with Gasteiger partial charge in [-0.15, -0.1) is 0 Å². The topological polar surface area (TPSA) is 130 Å². The molecule has 1 aromatic carbocycles. The van der Waals surface area contributed by atoms with Gasteiger partial charge in [-0.05, 0) is 13.0 Å². The van der Waals surface area contributed by atoms with Crippen LogP contribution in [0.1, 0.15) is 22.3 Å². The first-order valence-corrected chi connectivity index (χ1v) is 5.77. The number of aliphatic hydroxyl groups is 1. The minimum atomic E-state index is -1.55. The van der Waals surface area contributed by atoms with Crippen molar-refractivity contribution in [1.82, 2.24) is 5.32 Å². The number of nitro groups is 1. The van der Waals surface area contributed by atoms with Crippen molar-refractivity contribution in [3.63, 3.8) is 0 Å². The largest absolute Gasteiger partial charge is 0.479 e. The Kier molecular flexibility index (Phi) is 5.15. The van der Waals surface area contributed by atoms with Crippen molar-refractivity contribution in [2.75, 3.05) is 6.54 Å². The van der Waals surface area contributed by atoms with Gasteiger partial charge in [-0.1, -0.05) is 6.07 Å². The number of nitrogens with one attached hydrogen (secondary N) is 1. The average molecular weight is 282 g/mol. The minimum absolute atomic E-state index is 0.0472. The molecule has 0 aliphatic carbocycles. The molecule has 3 N–H and O–H groups in total. The van der Waals surface area contributed by atoms with E-state index < -0.39 is 22.9 Å². The van der Waals surface area contributed by atoms with E-state index in [1.165, 1.54) is 25.1 Å². The molecule has 20 heavy (non-hydrogen) atoms. The number of aliphatic carboxylic acids is 1. The van der Waals surface area contributed by atoms with Crippen LogP contribution in [0.2, 0.25) is 0 Å². The number of carboxylic acids is 1. The lowest BCUT2D eigenvalue weighted by atomic mass is 10.1. The Hall–Kier alpha value is -2.48. The summed E-state index contributed by atoms with van der Waals surface area (Å²) in [5.41, 5.74) is 0.209. The molecule has 0 aromatic heterocycles. The van der Waals surface area contributed by atoms with Crippen molar-refractivity contribution in [3.8, 4) is 0 Å². The first-order valence-electron chi connectivity index (χ1n) is 5.77. The molecule has 0 aliphatic heterocycles. The number of carbonyl (C=O) groups is 2. The van der Waals surface area contributed by atoms with E-state index in [9.17, 15) is 19.7 Å². The van der Waals surface area contributed by atoms with Crippen molar-refractivity contribution in [2.45, 2.75) is 19.4 Å². The Morgan fingerprint density at radius 3 is 2.65 bits per heavy atom. The van der Waals surface area contributed by atoms with Crippen LogP contribution in [-0.2, 0) is 4.79 Å². The predicted molar refractivity (Wildman–Crippen MR) is 68.4 cm³/mol. The maximum absolute atomic E-state index is 11.8. The Labute approximate surface area is 114 Å². The highest BCUT2D eigenvalue weighted by molar-refractivity contribution is 5.96. The Balaban J connectivity index is 2.71. The molecule has 0 saturated heterocycles. The van der Waals surface area contributed by atoms with Crippen LogP contribution in [0.4, 0.5) is 5.69 Å². The molecular formula is C12H14N2O6. The summed E-state index contributed by atoms with van der Waals surface area (Å²) >= 11 is 0. The van der Waals surface area contributed by atoms with Crippen LogP contribution in [-0.4, -0.2) is 39.7 Å². The summed E-state index contributed by atoms with van der Waals surface area (Å²) < 4.78 is 0. The third kappa shape index (κ3) is 3.75. The van der Waals surface area contributed by atoms with Gasteiger partial charge in [0.05, 0.1) is 4.92 Å². The highest BCUT2D eigenvalue weighted by Gasteiger charge is 2.18. The van der Waals surface area contributed by atoms with Crippen molar-refractivity contribution in [1.29, 1.82) is 0 Å². The number of hydrogen-bond acceptors (Lipinski definition) is 5. The molecular weight excluding hydrogens is 268 g/mol. The van der Waals surface area contributed by atoms with Gasteiger partial charge in [-0.25, -0.2) is 4.79 Å². The second kappa shape index (κ2) is 6.62. The van der Waals surface area contributed by atoms with E-state index in [-0.39, 0.29) is 29.8 Å². The highest BCUT2D eigenvalue weighted by Crippen LogP contribution is 2.20. The lowest BCUT2D eigenvalue weighted by Crippen LogP contribution is -2.30. The molecule has 0 saturated carbocycles. The minimum Gasteiger partial charge on any atom is -0.479 e. The van der Waals surface area contributed by atoms with Gasteiger partial charge in [-0.3, -0.25) is 14.9 Å². The Morgan fingerprint density at radius 1 is 1.45 bits per heavy atom. The smallest absolute Gasteiger partial charge is 0.332 e. The van der Waals surface area contributed by atoms with Crippen molar-refractivity contribution in [2.24, 2.45) is 0 Å². The van der Waals surface area contributed by atoms with E-state index in [0.717, 1.165) is 0 Å². The first kappa shape index (κ1) is 15.6. The van der Waals surface area contributed by atoms with Crippen LogP contribution in [0.25, 0.3) is 0 Å². The molecule has 8 heteroatoms. The summed E-state index contributed by atoms with van der Waals surface area (Å²) in [6.45, 7) is 1.41. The van der Waals surface area contributed by atoms with E-state index >= 15 is 0 Å². The lowest BCUT2D eigenvalue weighted by molar-refractivity contribution is -0.385. The second-order valence-corrected chi connectivity index (χ2v) is 4.11. The predicted octanol–water partition coefficient (Wildman–Crippen LogP) is 0.469. The van der Waals surface area contributed by atoms with E-state index in [1.807, 2.05) is 0 Å². The van der Waals surface area contributed by atoms with Gasteiger partial charge in [0.15, 0.2) is 6.10 Å². The molecule has 0 radical (unpaired) electrons. The number of carboxylic acid groups (broad SMARTS) is 1. The molecule has 0 aliphatic rings. The standard InChI is InChI=1S/C12H14N2O6/c1-7-8(3-2-4-9(7)14(19)20)11(16)13-6-5-10(15)12(17)18/h2-4,10,15H,5-6H2,1H3,(H,13,16)(H,17,18)/t10-/m0/s1. The molecule has 0 heterocycles. The fourth-order valence-electron chi connectivity index (χ4n) is 1.61. The number of benzene rings is 1. The Bertz CT molecular complexity index is 543. The first-order chi connectivity index (χ1) is 9.34. The van der Waals surface area contributed by atoms with Gasteiger partial charge < -0.3 is 15.5 Å². The number of amides is 1. The van der Waals surface area contributed by atoms with Crippen molar-refractivity contribution < 1.29 is 24.7 Å². The van der Waals surface area contributed by atoms with Crippen molar-refractivity contribution >= 4 is 17.6 Å². The normalized spacial score (nSPS) is 11.7. The van der Waals surface area contributed by atoms with E-state index in [2.05, 4.69) is 5.32 Å². The van der Waals surface area contributed by atoms with Crippen LogP contribution >= 0.6 is 0 Å². The number of rotatable bonds is 6. The van der Waals surface area contributed by atoms with Gasteiger partial charge in [0.2, 0.25) is 0 Å². The number of carbonyl (C=O) groups excluding carboxylic acids is 1. The SMILES string of the molecule is Cc1c(C(=O)NCC[C@H](O)C(=O)O)cccc1[N+](=O)[O-]. The van der Waals surface area contributed by atoms with Crippen LogP contribution in [0.5, 0.6) is 0 Å². The number of aliphatic hydroxyl groups excluding tert-OH is 1.